The SMILES string of the molecule is O=C(O)c1cc(S(=O)(=O)N2CCN(C(=O)c3cc4n(n3)CCCC4)CC2)ccc1F. The molecule has 1 amide bonds. The van der Waals surface area contributed by atoms with Gasteiger partial charge in [-0.05, 0) is 43.5 Å². The number of hydrogen-bond acceptors (Lipinski definition) is 5. The highest BCUT2D eigenvalue weighted by Crippen LogP contribution is 2.22. The number of aromatic carboxylic acids is 1. The van der Waals surface area contributed by atoms with Gasteiger partial charge in [-0.15, -0.1) is 0 Å². The fourth-order valence-corrected chi connectivity index (χ4v) is 5.24. The van der Waals surface area contributed by atoms with Crippen LogP contribution in [0.4, 0.5) is 4.39 Å². The van der Waals surface area contributed by atoms with E-state index in [-0.39, 0.29) is 37.0 Å². The summed E-state index contributed by atoms with van der Waals surface area (Å²) in [6.07, 6.45) is 3.00. The number of nitrogens with zero attached hydrogens (tertiary/aromatic N) is 4. The Bertz CT molecular complexity index is 1080. The quantitative estimate of drug-likeness (QED) is 0.771. The zero-order valence-electron chi connectivity index (χ0n) is 16.1. The monoisotopic (exact) mass is 436 g/mol. The van der Waals surface area contributed by atoms with Crippen molar-refractivity contribution in [3.63, 3.8) is 0 Å². The Hall–Kier alpha value is -2.79. The van der Waals surface area contributed by atoms with Gasteiger partial charge in [0.25, 0.3) is 5.91 Å². The lowest BCUT2D eigenvalue weighted by Crippen LogP contribution is -2.50. The van der Waals surface area contributed by atoms with Crippen LogP contribution in [0, 0.1) is 5.82 Å². The van der Waals surface area contributed by atoms with Crippen LogP contribution in [-0.4, -0.2) is 70.6 Å². The van der Waals surface area contributed by atoms with Gasteiger partial charge < -0.3 is 10.0 Å². The van der Waals surface area contributed by atoms with E-state index in [1.807, 2.05) is 4.68 Å². The summed E-state index contributed by atoms with van der Waals surface area (Å²) < 4.78 is 42.3. The van der Waals surface area contributed by atoms with Crippen LogP contribution in [0.15, 0.2) is 29.2 Å². The molecule has 1 saturated heterocycles. The second kappa shape index (κ2) is 7.80. The van der Waals surface area contributed by atoms with Gasteiger partial charge in [-0.3, -0.25) is 9.48 Å². The number of benzene rings is 1. The van der Waals surface area contributed by atoms with E-state index in [9.17, 15) is 22.4 Å². The van der Waals surface area contributed by atoms with Gasteiger partial charge in [0, 0.05) is 38.4 Å². The second-order valence-electron chi connectivity index (χ2n) is 7.34. The van der Waals surface area contributed by atoms with Crippen LogP contribution in [-0.2, 0) is 23.0 Å². The molecule has 1 N–H and O–H groups in total. The van der Waals surface area contributed by atoms with Gasteiger partial charge in [0.2, 0.25) is 10.0 Å². The maximum Gasteiger partial charge on any atom is 0.338 e. The Kier molecular flexibility index (Phi) is 5.33. The highest BCUT2D eigenvalue weighted by molar-refractivity contribution is 7.89. The Morgan fingerprint density at radius 3 is 2.43 bits per heavy atom. The van der Waals surface area contributed by atoms with Gasteiger partial charge in [-0.2, -0.15) is 9.40 Å². The average Bonchev–Trinajstić information content (AvgIpc) is 3.17. The zero-order valence-corrected chi connectivity index (χ0v) is 16.9. The highest BCUT2D eigenvalue weighted by Gasteiger charge is 2.32. The largest absolute Gasteiger partial charge is 0.478 e. The molecule has 3 heterocycles. The number of piperazine rings is 1. The molecule has 160 valence electrons. The van der Waals surface area contributed by atoms with Crippen LogP contribution >= 0.6 is 0 Å². The van der Waals surface area contributed by atoms with Crippen molar-refractivity contribution < 1.29 is 27.5 Å². The minimum atomic E-state index is -4.01. The van der Waals surface area contributed by atoms with Gasteiger partial charge in [0.15, 0.2) is 5.69 Å². The lowest BCUT2D eigenvalue weighted by molar-refractivity contribution is 0.0681. The van der Waals surface area contributed by atoms with Crippen molar-refractivity contribution in [1.82, 2.24) is 19.0 Å². The van der Waals surface area contributed by atoms with Crippen LogP contribution in [0.2, 0.25) is 0 Å². The van der Waals surface area contributed by atoms with Crippen molar-refractivity contribution in [3.05, 3.63) is 47.0 Å². The maximum atomic E-state index is 13.6. The normalized spacial score (nSPS) is 17.6. The van der Waals surface area contributed by atoms with Gasteiger partial charge in [0.05, 0.1) is 10.5 Å². The van der Waals surface area contributed by atoms with E-state index < -0.39 is 27.4 Å². The van der Waals surface area contributed by atoms with Crippen molar-refractivity contribution in [2.75, 3.05) is 26.2 Å². The summed E-state index contributed by atoms with van der Waals surface area (Å²) in [5, 5.41) is 13.4. The number of amides is 1. The summed E-state index contributed by atoms with van der Waals surface area (Å²) in [4.78, 5) is 25.2. The molecule has 1 aromatic carbocycles. The summed E-state index contributed by atoms with van der Waals surface area (Å²) in [6.45, 7) is 1.29. The fourth-order valence-electron chi connectivity index (χ4n) is 3.79. The van der Waals surface area contributed by atoms with Gasteiger partial charge >= 0.3 is 5.97 Å². The van der Waals surface area contributed by atoms with E-state index in [1.54, 1.807) is 11.0 Å². The Morgan fingerprint density at radius 1 is 1.03 bits per heavy atom. The summed E-state index contributed by atoms with van der Waals surface area (Å²) in [7, 11) is -4.01. The smallest absolute Gasteiger partial charge is 0.338 e. The van der Waals surface area contributed by atoms with E-state index in [4.69, 9.17) is 5.11 Å². The predicted octanol–water partition coefficient (Wildman–Crippen LogP) is 1.20. The first kappa shape index (κ1) is 20.5. The van der Waals surface area contributed by atoms with E-state index >= 15 is 0 Å². The average molecular weight is 436 g/mol. The van der Waals surface area contributed by atoms with E-state index in [0.29, 0.717) is 5.69 Å². The number of carbonyl (C=O) groups excluding carboxylic acids is 1. The molecule has 1 fully saturated rings. The van der Waals surface area contributed by atoms with Crippen molar-refractivity contribution >= 4 is 21.9 Å². The molecule has 30 heavy (non-hydrogen) atoms. The van der Waals surface area contributed by atoms with Gasteiger partial charge in [-0.25, -0.2) is 17.6 Å². The van der Waals surface area contributed by atoms with Crippen LogP contribution in [0.1, 0.15) is 39.4 Å². The molecule has 0 radical (unpaired) electrons. The summed E-state index contributed by atoms with van der Waals surface area (Å²) in [5.41, 5.74) is 0.706. The van der Waals surface area contributed by atoms with E-state index in [1.165, 1.54) is 4.31 Å². The van der Waals surface area contributed by atoms with Crippen LogP contribution in [0.3, 0.4) is 0 Å². The van der Waals surface area contributed by atoms with Crippen molar-refractivity contribution in [2.24, 2.45) is 0 Å². The molecule has 4 rings (SSSR count). The third-order valence-electron chi connectivity index (χ3n) is 5.47. The van der Waals surface area contributed by atoms with E-state index in [0.717, 1.165) is 49.7 Å². The number of fused-ring (bicyclic) bond motifs is 1. The molecule has 9 nitrogen and oxygen atoms in total. The minimum Gasteiger partial charge on any atom is -0.478 e. The molecule has 0 aliphatic carbocycles. The molecule has 0 saturated carbocycles. The zero-order chi connectivity index (χ0) is 21.5. The molecule has 0 spiro atoms. The number of sulfonamides is 1. The highest BCUT2D eigenvalue weighted by atomic mass is 32.2. The lowest BCUT2D eigenvalue weighted by Gasteiger charge is -2.33. The van der Waals surface area contributed by atoms with Gasteiger partial charge in [0.1, 0.15) is 5.82 Å². The topological polar surface area (TPSA) is 113 Å². The number of carboxylic acids is 1. The summed E-state index contributed by atoms with van der Waals surface area (Å²) in [5.74, 6) is -2.77. The first-order valence-corrected chi connectivity index (χ1v) is 11.1. The number of aromatic nitrogens is 2. The van der Waals surface area contributed by atoms with Gasteiger partial charge in [-0.1, -0.05) is 0 Å². The van der Waals surface area contributed by atoms with Crippen LogP contribution in [0.5, 0.6) is 0 Å². The van der Waals surface area contributed by atoms with Crippen molar-refractivity contribution in [3.8, 4) is 0 Å². The predicted molar refractivity (Wildman–Crippen MR) is 103 cm³/mol. The Morgan fingerprint density at radius 2 is 1.77 bits per heavy atom. The minimum absolute atomic E-state index is 0.0570. The fraction of sp³-hybridized carbons (Fsp3) is 0.421. The van der Waals surface area contributed by atoms with Crippen molar-refractivity contribution in [1.29, 1.82) is 0 Å². The molecule has 0 bridgehead atoms. The van der Waals surface area contributed by atoms with Crippen LogP contribution < -0.4 is 0 Å². The van der Waals surface area contributed by atoms with Crippen LogP contribution in [0.25, 0.3) is 0 Å². The standard InChI is InChI=1S/C19H21FN4O5S/c20-16-5-4-14(12-15(16)19(26)27)30(28,29)23-9-7-22(8-10-23)18(25)17-11-13-3-1-2-6-24(13)21-17/h4-5,11-12H,1-3,6-10H2,(H,26,27). The molecular formula is C19H21FN4O5S. The number of hydrogen-bond donors (Lipinski definition) is 1. The molecular weight excluding hydrogens is 415 g/mol. The maximum absolute atomic E-state index is 13.6. The second-order valence-corrected chi connectivity index (χ2v) is 9.28. The number of rotatable bonds is 4. The third-order valence-corrected chi connectivity index (χ3v) is 7.36. The molecule has 2 aliphatic heterocycles. The summed E-state index contributed by atoms with van der Waals surface area (Å²) >= 11 is 0. The molecule has 1 aromatic heterocycles. The number of halogens is 1. The Labute approximate surface area is 172 Å². The molecule has 0 unspecified atom stereocenters. The molecule has 2 aliphatic rings. The molecule has 2 aromatic rings. The number of carboxylic acid groups (broad SMARTS) is 1. The molecule has 0 atom stereocenters. The van der Waals surface area contributed by atoms with E-state index in [2.05, 4.69) is 5.10 Å². The van der Waals surface area contributed by atoms with Crippen molar-refractivity contribution in [2.45, 2.75) is 30.7 Å². The summed E-state index contributed by atoms with van der Waals surface area (Å²) in [6, 6.07) is 4.50. The first-order valence-electron chi connectivity index (χ1n) is 9.66. The number of aryl methyl sites for hydroxylation is 2. The lowest BCUT2D eigenvalue weighted by atomic mass is 10.1. The third kappa shape index (κ3) is 3.70. The first-order chi connectivity index (χ1) is 14.3. The Balaban J connectivity index is 1.46. The number of carbonyl (C=O) groups is 2. The molecule has 11 heteroatoms.